The van der Waals surface area contributed by atoms with E-state index in [1.165, 1.54) is 11.1 Å². The number of nitrogens with one attached hydrogen (secondary N) is 1. The van der Waals surface area contributed by atoms with Crippen LogP contribution in [0.25, 0.3) is 0 Å². The topological polar surface area (TPSA) is 67.8 Å². The third kappa shape index (κ3) is 10.9. The fourth-order valence-corrected chi connectivity index (χ4v) is 5.81. The van der Waals surface area contributed by atoms with Crippen LogP contribution in [0.1, 0.15) is 96.6 Å². The molecular formula is C31H48NO4P. The number of rotatable bonds is 14. The largest absolute Gasteiger partial charge is 0.356 e. The van der Waals surface area contributed by atoms with Gasteiger partial charge in [-0.1, -0.05) is 101 Å². The number of amides is 1. The van der Waals surface area contributed by atoms with Gasteiger partial charge in [0, 0.05) is 18.4 Å². The zero-order valence-electron chi connectivity index (χ0n) is 23.3. The molecule has 1 unspecified atom stereocenters. The molecule has 2 N–H and O–H groups in total. The first-order chi connectivity index (χ1) is 18.0. The summed E-state index contributed by atoms with van der Waals surface area (Å²) in [7, 11) is -1.84. The van der Waals surface area contributed by atoms with Gasteiger partial charge in [0.25, 0.3) is 0 Å². The van der Waals surface area contributed by atoms with Crippen molar-refractivity contribution in [3.63, 3.8) is 0 Å². The lowest BCUT2D eigenvalue weighted by Gasteiger charge is -2.41. The molecular weight excluding hydrogens is 481 g/mol. The molecule has 1 saturated carbocycles. The Labute approximate surface area is 226 Å². The highest BCUT2D eigenvalue weighted by Gasteiger charge is 2.39. The molecule has 2 aromatic rings. The van der Waals surface area contributed by atoms with Gasteiger partial charge in [-0.2, -0.15) is 0 Å². The Morgan fingerprint density at radius 3 is 2.03 bits per heavy atom. The van der Waals surface area contributed by atoms with Crippen LogP contribution in [0.2, 0.25) is 0 Å². The third-order valence-electron chi connectivity index (χ3n) is 6.87. The van der Waals surface area contributed by atoms with Gasteiger partial charge in [-0.05, 0) is 55.6 Å². The smallest absolute Gasteiger partial charge is 0.330 e. The quantitative estimate of drug-likeness (QED) is 0.193. The van der Waals surface area contributed by atoms with Gasteiger partial charge in [-0.15, -0.1) is 0 Å². The van der Waals surface area contributed by atoms with Crippen molar-refractivity contribution in [1.29, 1.82) is 0 Å². The molecule has 1 fully saturated rings. The normalized spacial score (nSPS) is 16.1. The number of hydrogen-bond acceptors (Lipinski definition) is 4. The van der Waals surface area contributed by atoms with Crippen molar-refractivity contribution in [3.8, 4) is 0 Å². The number of hydrogen-bond donors (Lipinski definition) is 2. The minimum atomic E-state index is -1.84. The average Bonchev–Trinajstić information content (AvgIpc) is 2.92. The highest BCUT2D eigenvalue weighted by Crippen LogP contribution is 2.48. The maximum Gasteiger partial charge on any atom is 0.330 e. The summed E-state index contributed by atoms with van der Waals surface area (Å²) >= 11 is 0. The molecule has 0 spiro atoms. The monoisotopic (exact) mass is 529 g/mol. The van der Waals surface area contributed by atoms with Gasteiger partial charge in [-0.3, -0.25) is 4.79 Å². The molecule has 0 aromatic heterocycles. The molecule has 206 valence electrons. The summed E-state index contributed by atoms with van der Waals surface area (Å²) in [4.78, 5) is 21.9. The highest BCUT2D eigenvalue weighted by molar-refractivity contribution is 7.40. The van der Waals surface area contributed by atoms with E-state index in [2.05, 4.69) is 79.8 Å². The lowest BCUT2D eigenvalue weighted by molar-refractivity contribution is -0.121. The SMILES string of the molecule is CC.CC(C)CC(=O)NCCCCCCOP(O)OC1CCC(c2ccccc2)(c2ccccc2)CC1. The lowest BCUT2D eigenvalue weighted by atomic mass is 9.65. The fraction of sp³-hybridized carbons (Fsp3) is 0.581. The van der Waals surface area contributed by atoms with Crippen LogP contribution >= 0.6 is 8.60 Å². The summed E-state index contributed by atoms with van der Waals surface area (Å²) in [5.74, 6) is 0.533. The number of benzene rings is 2. The van der Waals surface area contributed by atoms with E-state index in [1.807, 2.05) is 13.8 Å². The number of carbonyl (C=O) groups excluding carboxylic acids is 1. The third-order valence-corrected chi connectivity index (χ3v) is 7.75. The standard InChI is InChI=1S/C29H42NO4P.C2H6/c1-24(2)23-28(31)30-21-11-3-4-12-22-33-35(32)34-27-17-19-29(20-18-27,25-13-7-5-8-14-25)26-15-9-6-10-16-26;1-2/h5-10,13-16,24,27,32H,3-4,11-12,17-23H2,1-2H3,(H,30,31);1-2H3. The van der Waals surface area contributed by atoms with Crippen molar-refractivity contribution in [2.75, 3.05) is 13.2 Å². The molecule has 37 heavy (non-hydrogen) atoms. The summed E-state index contributed by atoms with van der Waals surface area (Å²) in [6.45, 7) is 9.34. The fourth-order valence-electron chi connectivity index (χ4n) is 5.00. The zero-order valence-corrected chi connectivity index (χ0v) is 24.2. The first kappa shape index (κ1) is 31.4. The van der Waals surface area contributed by atoms with Crippen LogP contribution in [0, 0.1) is 5.92 Å². The maximum atomic E-state index is 11.6. The van der Waals surface area contributed by atoms with Crippen molar-refractivity contribution >= 4 is 14.5 Å². The Bertz CT molecular complexity index is 813. The van der Waals surface area contributed by atoms with E-state index < -0.39 is 8.60 Å². The van der Waals surface area contributed by atoms with Crippen LogP contribution in [-0.2, 0) is 19.3 Å². The van der Waals surface area contributed by atoms with E-state index in [4.69, 9.17) is 9.05 Å². The molecule has 6 heteroatoms. The molecule has 3 rings (SSSR count). The van der Waals surface area contributed by atoms with Crippen molar-refractivity contribution in [2.45, 2.75) is 97.0 Å². The predicted molar refractivity (Wildman–Crippen MR) is 154 cm³/mol. The van der Waals surface area contributed by atoms with E-state index in [9.17, 15) is 9.69 Å². The van der Waals surface area contributed by atoms with Crippen LogP contribution in [0.15, 0.2) is 60.7 Å². The summed E-state index contributed by atoms with van der Waals surface area (Å²) in [5.41, 5.74) is 2.70. The predicted octanol–water partition coefficient (Wildman–Crippen LogP) is 7.92. The molecule has 0 aliphatic heterocycles. The van der Waals surface area contributed by atoms with Gasteiger partial charge in [0.05, 0.1) is 12.7 Å². The Morgan fingerprint density at radius 1 is 0.946 bits per heavy atom. The molecule has 0 radical (unpaired) electrons. The van der Waals surface area contributed by atoms with Crippen molar-refractivity contribution < 1.29 is 18.7 Å². The van der Waals surface area contributed by atoms with Gasteiger partial charge in [0.2, 0.25) is 5.91 Å². The minimum Gasteiger partial charge on any atom is -0.356 e. The summed E-state index contributed by atoms with van der Waals surface area (Å²) in [6.07, 6.45) is 8.31. The molecule has 0 bridgehead atoms. The Hall–Kier alpha value is -1.78. The lowest BCUT2D eigenvalue weighted by Crippen LogP contribution is -2.35. The van der Waals surface area contributed by atoms with Gasteiger partial charge >= 0.3 is 8.60 Å². The highest BCUT2D eigenvalue weighted by atomic mass is 31.2. The maximum absolute atomic E-state index is 11.6. The van der Waals surface area contributed by atoms with Crippen molar-refractivity contribution in [2.24, 2.45) is 5.92 Å². The molecule has 5 nitrogen and oxygen atoms in total. The van der Waals surface area contributed by atoms with Crippen molar-refractivity contribution in [1.82, 2.24) is 5.32 Å². The Morgan fingerprint density at radius 2 is 1.49 bits per heavy atom. The van der Waals surface area contributed by atoms with Crippen molar-refractivity contribution in [3.05, 3.63) is 71.8 Å². The summed E-state index contributed by atoms with van der Waals surface area (Å²) < 4.78 is 11.5. The molecule has 1 aliphatic carbocycles. The Balaban J connectivity index is 0.00000235. The first-order valence-corrected chi connectivity index (χ1v) is 15.3. The van der Waals surface area contributed by atoms with Gasteiger partial charge < -0.3 is 19.3 Å². The van der Waals surface area contributed by atoms with Crippen LogP contribution < -0.4 is 5.32 Å². The summed E-state index contributed by atoms with van der Waals surface area (Å²) in [6, 6.07) is 21.5. The minimum absolute atomic E-state index is 0.00426. The van der Waals surface area contributed by atoms with Crippen LogP contribution in [0.3, 0.4) is 0 Å². The van der Waals surface area contributed by atoms with E-state index >= 15 is 0 Å². The van der Waals surface area contributed by atoms with Gasteiger partial charge in [0.15, 0.2) is 0 Å². The van der Waals surface area contributed by atoms with Crippen LogP contribution in [0.4, 0.5) is 0 Å². The molecule has 1 amide bonds. The van der Waals surface area contributed by atoms with Crippen LogP contribution in [0.5, 0.6) is 0 Å². The van der Waals surface area contributed by atoms with E-state index in [-0.39, 0.29) is 17.4 Å². The molecule has 1 aliphatic rings. The van der Waals surface area contributed by atoms with E-state index in [1.54, 1.807) is 0 Å². The second-order valence-electron chi connectivity index (χ2n) is 10.1. The number of unbranched alkanes of at least 4 members (excludes halogenated alkanes) is 3. The van der Waals surface area contributed by atoms with Gasteiger partial charge in [-0.25, -0.2) is 0 Å². The second-order valence-corrected chi connectivity index (χ2v) is 11.0. The molecule has 0 saturated heterocycles. The van der Waals surface area contributed by atoms with E-state index in [0.29, 0.717) is 18.9 Å². The molecule has 1 atom stereocenters. The van der Waals surface area contributed by atoms with E-state index in [0.717, 1.165) is 57.9 Å². The zero-order chi connectivity index (χ0) is 26.9. The number of carbonyl (C=O) groups is 1. The first-order valence-electron chi connectivity index (χ1n) is 14.2. The molecule has 0 heterocycles. The molecule has 2 aromatic carbocycles. The average molecular weight is 530 g/mol. The van der Waals surface area contributed by atoms with Gasteiger partial charge in [0.1, 0.15) is 0 Å². The second kappa shape index (κ2) is 17.7. The summed E-state index contributed by atoms with van der Waals surface area (Å²) in [5, 5.41) is 2.97. The Kier molecular flexibility index (Phi) is 15.0. The van der Waals surface area contributed by atoms with Crippen LogP contribution in [-0.4, -0.2) is 30.1 Å².